The van der Waals surface area contributed by atoms with Crippen LogP contribution in [0.4, 0.5) is 11.6 Å². The van der Waals surface area contributed by atoms with E-state index in [0.717, 1.165) is 5.56 Å². The van der Waals surface area contributed by atoms with Crippen LogP contribution < -0.4 is 5.32 Å². The highest BCUT2D eigenvalue weighted by atomic mass is 16.6. The third-order valence-corrected chi connectivity index (χ3v) is 3.65. The molecule has 0 aliphatic heterocycles. The monoisotopic (exact) mass is 338 g/mol. The Morgan fingerprint density at radius 1 is 1.20 bits per heavy atom. The van der Waals surface area contributed by atoms with Crippen molar-refractivity contribution in [3.8, 4) is 11.3 Å². The van der Waals surface area contributed by atoms with Crippen molar-refractivity contribution in [2.45, 2.75) is 13.0 Å². The second-order valence-corrected chi connectivity index (χ2v) is 5.42. The lowest BCUT2D eigenvalue weighted by molar-refractivity contribution is -0.384. The Balaban J connectivity index is 2.21. The highest BCUT2D eigenvalue weighted by Crippen LogP contribution is 2.30. The summed E-state index contributed by atoms with van der Waals surface area (Å²) < 4.78 is 0. The van der Waals surface area contributed by atoms with E-state index in [1.807, 2.05) is 30.3 Å². The average molecular weight is 338 g/mol. The molecule has 8 nitrogen and oxygen atoms in total. The zero-order valence-electron chi connectivity index (χ0n) is 13.2. The summed E-state index contributed by atoms with van der Waals surface area (Å²) in [4.78, 5) is 30.3. The molecule has 8 heteroatoms. The van der Waals surface area contributed by atoms with Crippen LogP contribution in [0.5, 0.6) is 0 Å². The van der Waals surface area contributed by atoms with E-state index < -0.39 is 16.9 Å². The van der Waals surface area contributed by atoms with Gasteiger partial charge in [-0.25, -0.2) is 9.97 Å². The first-order valence-corrected chi connectivity index (χ1v) is 7.46. The minimum absolute atomic E-state index is 0.0621. The summed E-state index contributed by atoms with van der Waals surface area (Å²) in [6.07, 6.45) is 0. The fourth-order valence-corrected chi connectivity index (χ4v) is 2.37. The SMILES string of the molecule is CC(Nc1nc(-c2ccccc2)c2cc([N+](=O)[O-])ccc2n1)C(=O)O. The topological polar surface area (TPSA) is 118 Å². The van der Waals surface area contributed by atoms with Crippen LogP contribution in [0.15, 0.2) is 48.5 Å². The van der Waals surface area contributed by atoms with E-state index in [2.05, 4.69) is 15.3 Å². The second kappa shape index (κ2) is 6.52. The lowest BCUT2D eigenvalue weighted by atomic mass is 10.1. The number of fused-ring (bicyclic) bond motifs is 1. The van der Waals surface area contributed by atoms with E-state index >= 15 is 0 Å². The molecule has 0 saturated heterocycles. The molecule has 25 heavy (non-hydrogen) atoms. The number of non-ortho nitro benzene ring substituents is 1. The van der Waals surface area contributed by atoms with Crippen LogP contribution in [-0.2, 0) is 4.79 Å². The van der Waals surface area contributed by atoms with Crippen molar-refractivity contribution in [1.29, 1.82) is 0 Å². The van der Waals surface area contributed by atoms with Gasteiger partial charge < -0.3 is 10.4 Å². The standard InChI is InChI=1S/C17H14N4O4/c1-10(16(22)23)18-17-19-14-8-7-12(21(24)25)9-13(14)15(20-17)11-5-3-2-4-6-11/h2-10H,1H3,(H,22,23)(H,18,19,20). The number of nitrogens with zero attached hydrogens (tertiary/aromatic N) is 3. The maximum absolute atomic E-state index is 11.1. The van der Waals surface area contributed by atoms with E-state index in [9.17, 15) is 14.9 Å². The number of carboxylic acids is 1. The molecule has 0 aliphatic carbocycles. The van der Waals surface area contributed by atoms with Gasteiger partial charge in [0.2, 0.25) is 5.95 Å². The summed E-state index contributed by atoms with van der Waals surface area (Å²) in [5.74, 6) is -0.885. The van der Waals surface area contributed by atoms with Crippen LogP contribution in [0.25, 0.3) is 22.2 Å². The maximum atomic E-state index is 11.1. The molecule has 0 radical (unpaired) electrons. The molecule has 1 atom stereocenters. The molecule has 2 aromatic carbocycles. The third-order valence-electron chi connectivity index (χ3n) is 3.65. The summed E-state index contributed by atoms with van der Waals surface area (Å²) in [5.41, 5.74) is 1.67. The third kappa shape index (κ3) is 3.37. The minimum Gasteiger partial charge on any atom is -0.480 e. The van der Waals surface area contributed by atoms with Gasteiger partial charge in [-0.1, -0.05) is 30.3 Å². The average Bonchev–Trinajstić information content (AvgIpc) is 2.61. The van der Waals surface area contributed by atoms with Gasteiger partial charge in [0.05, 0.1) is 16.1 Å². The van der Waals surface area contributed by atoms with Crippen LogP contribution in [0.2, 0.25) is 0 Å². The highest BCUT2D eigenvalue weighted by molar-refractivity contribution is 5.94. The van der Waals surface area contributed by atoms with Crippen molar-refractivity contribution < 1.29 is 14.8 Å². The Morgan fingerprint density at radius 2 is 1.92 bits per heavy atom. The number of carboxylic acid groups (broad SMARTS) is 1. The van der Waals surface area contributed by atoms with E-state index in [4.69, 9.17) is 5.11 Å². The van der Waals surface area contributed by atoms with Gasteiger partial charge in [-0.15, -0.1) is 0 Å². The normalized spacial score (nSPS) is 11.9. The smallest absolute Gasteiger partial charge is 0.325 e. The fourth-order valence-electron chi connectivity index (χ4n) is 2.37. The van der Waals surface area contributed by atoms with Crippen molar-refractivity contribution in [2.24, 2.45) is 0 Å². The molecule has 3 aromatic rings. The highest BCUT2D eigenvalue weighted by Gasteiger charge is 2.17. The molecule has 0 fully saturated rings. The number of nitro benzene ring substituents is 1. The zero-order chi connectivity index (χ0) is 18.0. The Morgan fingerprint density at radius 3 is 2.56 bits per heavy atom. The number of anilines is 1. The molecule has 126 valence electrons. The molecule has 0 saturated carbocycles. The van der Waals surface area contributed by atoms with Crippen molar-refractivity contribution >= 4 is 28.5 Å². The van der Waals surface area contributed by atoms with Crippen LogP contribution in [0, 0.1) is 10.1 Å². The first-order chi connectivity index (χ1) is 12.0. The molecular formula is C17H14N4O4. The van der Waals surface area contributed by atoms with E-state index in [0.29, 0.717) is 16.6 Å². The molecule has 3 rings (SSSR count). The Bertz CT molecular complexity index is 960. The summed E-state index contributed by atoms with van der Waals surface area (Å²) in [6.45, 7) is 1.48. The largest absolute Gasteiger partial charge is 0.480 e. The van der Waals surface area contributed by atoms with Crippen LogP contribution >= 0.6 is 0 Å². The van der Waals surface area contributed by atoms with Gasteiger partial charge in [-0.05, 0) is 13.0 Å². The van der Waals surface area contributed by atoms with Crippen LogP contribution in [-0.4, -0.2) is 32.0 Å². The first-order valence-electron chi connectivity index (χ1n) is 7.46. The van der Waals surface area contributed by atoms with E-state index in [1.165, 1.54) is 25.1 Å². The quantitative estimate of drug-likeness (QED) is 0.542. The zero-order valence-corrected chi connectivity index (χ0v) is 13.2. The molecule has 2 N–H and O–H groups in total. The number of benzene rings is 2. The van der Waals surface area contributed by atoms with Gasteiger partial charge >= 0.3 is 5.97 Å². The number of aliphatic carboxylic acids is 1. The van der Waals surface area contributed by atoms with Crippen LogP contribution in [0.3, 0.4) is 0 Å². The van der Waals surface area contributed by atoms with Crippen molar-refractivity contribution in [3.05, 3.63) is 58.6 Å². The van der Waals surface area contributed by atoms with E-state index in [1.54, 1.807) is 0 Å². The Labute approximate surface area is 142 Å². The second-order valence-electron chi connectivity index (χ2n) is 5.42. The summed E-state index contributed by atoms with van der Waals surface area (Å²) in [5, 5.41) is 23.4. The lowest BCUT2D eigenvalue weighted by Crippen LogP contribution is -2.26. The Hall–Kier alpha value is -3.55. The number of carbonyl (C=O) groups is 1. The minimum atomic E-state index is -1.03. The molecule has 1 heterocycles. The summed E-state index contributed by atoms with van der Waals surface area (Å²) in [6, 6.07) is 12.6. The molecule has 1 unspecified atom stereocenters. The number of nitro groups is 1. The van der Waals surface area contributed by atoms with E-state index in [-0.39, 0.29) is 11.6 Å². The first kappa shape index (κ1) is 16.3. The molecule has 0 aliphatic rings. The number of rotatable bonds is 5. The molecule has 0 spiro atoms. The van der Waals surface area contributed by atoms with Gasteiger partial charge in [-0.3, -0.25) is 14.9 Å². The summed E-state index contributed by atoms with van der Waals surface area (Å²) >= 11 is 0. The van der Waals surface area contributed by atoms with Gasteiger partial charge in [-0.2, -0.15) is 0 Å². The molecular weight excluding hydrogens is 324 g/mol. The number of hydrogen-bond donors (Lipinski definition) is 2. The van der Waals surface area contributed by atoms with Crippen molar-refractivity contribution in [1.82, 2.24) is 9.97 Å². The predicted molar refractivity (Wildman–Crippen MR) is 92.3 cm³/mol. The van der Waals surface area contributed by atoms with Crippen LogP contribution in [0.1, 0.15) is 6.92 Å². The molecule has 0 amide bonds. The Kier molecular flexibility index (Phi) is 4.25. The molecule has 1 aromatic heterocycles. The van der Waals surface area contributed by atoms with Gasteiger partial charge in [0, 0.05) is 23.1 Å². The lowest BCUT2D eigenvalue weighted by Gasteiger charge is -2.12. The number of aromatic nitrogens is 2. The van der Waals surface area contributed by atoms with Gasteiger partial charge in [0.1, 0.15) is 6.04 Å². The summed E-state index contributed by atoms with van der Waals surface area (Å²) in [7, 11) is 0. The number of hydrogen-bond acceptors (Lipinski definition) is 6. The predicted octanol–water partition coefficient (Wildman–Crippen LogP) is 3.09. The van der Waals surface area contributed by atoms with Gasteiger partial charge in [0.25, 0.3) is 5.69 Å². The van der Waals surface area contributed by atoms with Crippen molar-refractivity contribution in [3.63, 3.8) is 0 Å². The van der Waals surface area contributed by atoms with Gasteiger partial charge in [0.15, 0.2) is 0 Å². The number of nitrogens with one attached hydrogen (secondary N) is 1. The fraction of sp³-hybridized carbons (Fsp3) is 0.118. The molecule has 0 bridgehead atoms. The maximum Gasteiger partial charge on any atom is 0.325 e. The van der Waals surface area contributed by atoms with Crippen molar-refractivity contribution in [2.75, 3.05) is 5.32 Å².